The number of benzene rings is 2. The lowest BCUT2D eigenvalue weighted by molar-refractivity contribution is -0.0861. The molecule has 1 aliphatic carbocycles. The molecule has 3 unspecified atom stereocenters. The first kappa shape index (κ1) is 16.6. The second kappa shape index (κ2) is 7.19. The van der Waals surface area contributed by atoms with Gasteiger partial charge in [0.05, 0.1) is 5.60 Å². The molecule has 2 aromatic carbocycles. The van der Waals surface area contributed by atoms with Gasteiger partial charge < -0.3 is 15.2 Å². The Morgan fingerprint density at radius 2 is 1.92 bits per heavy atom. The molecule has 0 radical (unpaired) electrons. The van der Waals surface area contributed by atoms with Crippen molar-refractivity contribution >= 4 is 0 Å². The summed E-state index contributed by atoms with van der Waals surface area (Å²) in [5, 5.41) is 14.7. The number of nitrogens with one attached hydrogen (secondary N) is 1. The van der Waals surface area contributed by atoms with E-state index in [-0.39, 0.29) is 6.04 Å². The Morgan fingerprint density at radius 1 is 1.04 bits per heavy atom. The van der Waals surface area contributed by atoms with E-state index in [2.05, 4.69) is 35.6 Å². The maximum atomic E-state index is 11.1. The van der Waals surface area contributed by atoms with Gasteiger partial charge in [-0.15, -0.1) is 0 Å². The third-order valence-corrected chi connectivity index (χ3v) is 5.86. The Kier molecular flexibility index (Phi) is 4.78. The zero-order chi connectivity index (χ0) is 17.1. The van der Waals surface area contributed by atoms with Gasteiger partial charge in [0.25, 0.3) is 0 Å². The zero-order valence-electron chi connectivity index (χ0n) is 14.7. The topological polar surface area (TPSA) is 41.5 Å². The fourth-order valence-corrected chi connectivity index (χ4v) is 4.51. The second-order valence-corrected chi connectivity index (χ2v) is 7.48. The van der Waals surface area contributed by atoms with Gasteiger partial charge in [-0.05, 0) is 49.1 Å². The molecule has 1 saturated carbocycles. The Hall–Kier alpha value is -1.84. The number of aliphatic hydroxyl groups is 1. The molecule has 1 saturated heterocycles. The molecule has 25 heavy (non-hydrogen) atoms. The number of piperidine rings is 1. The molecule has 0 bridgehead atoms. The van der Waals surface area contributed by atoms with Crippen LogP contribution in [0.25, 0.3) is 0 Å². The smallest absolute Gasteiger partial charge is 0.120 e. The molecular formula is C22H27NO2. The molecule has 0 spiro atoms. The lowest BCUT2D eigenvalue weighted by Crippen LogP contribution is -2.53. The highest BCUT2D eigenvalue weighted by Gasteiger charge is 2.45. The summed E-state index contributed by atoms with van der Waals surface area (Å²) >= 11 is 0. The van der Waals surface area contributed by atoms with Crippen molar-refractivity contribution in [2.45, 2.75) is 50.4 Å². The maximum absolute atomic E-state index is 11.1. The molecule has 3 atom stereocenters. The molecule has 132 valence electrons. The van der Waals surface area contributed by atoms with Crippen LogP contribution >= 0.6 is 0 Å². The first-order chi connectivity index (χ1) is 12.2. The van der Waals surface area contributed by atoms with Crippen LogP contribution in [0.3, 0.4) is 0 Å². The Labute approximate surface area is 150 Å². The summed E-state index contributed by atoms with van der Waals surface area (Å²) in [4.78, 5) is 0. The van der Waals surface area contributed by atoms with Crippen LogP contribution < -0.4 is 10.1 Å². The largest absolute Gasteiger partial charge is 0.489 e. The van der Waals surface area contributed by atoms with Crippen molar-refractivity contribution in [2.24, 2.45) is 5.92 Å². The van der Waals surface area contributed by atoms with Crippen LogP contribution in [0.1, 0.15) is 49.3 Å². The molecule has 4 rings (SSSR count). The molecule has 2 fully saturated rings. The first-order valence-corrected chi connectivity index (χ1v) is 9.47. The minimum absolute atomic E-state index is 0.222. The summed E-state index contributed by atoms with van der Waals surface area (Å²) in [7, 11) is 0. The number of hydrogen-bond donors (Lipinski definition) is 2. The van der Waals surface area contributed by atoms with Gasteiger partial charge in [0.2, 0.25) is 0 Å². The van der Waals surface area contributed by atoms with E-state index in [0.29, 0.717) is 12.5 Å². The van der Waals surface area contributed by atoms with Gasteiger partial charge in [0.15, 0.2) is 0 Å². The summed E-state index contributed by atoms with van der Waals surface area (Å²) in [6.07, 6.45) is 5.29. The standard InChI is InChI=1S/C22H27NO2/c24-22-12-5-4-11-20(22)21(23-14-13-22)18-9-6-10-19(15-18)25-16-17-7-2-1-3-8-17/h1-3,6-10,15,20-21,23-24H,4-5,11-14,16H2. The lowest BCUT2D eigenvalue weighted by atomic mass is 9.67. The van der Waals surface area contributed by atoms with Gasteiger partial charge in [0.1, 0.15) is 12.4 Å². The van der Waals surface area contributed by atoms with Crippen LogP contribution in [-0.4, -0.2) is 17.3 Å². The van der Waals surface area contributed by atoms with Crippen molar-refractivity contribution < 1.29 is 9.84 Å². The molecule has 0 amide bonds. The molecule has 1 heterocycles. The highest BCUT2D eigenvalue weighted by atomic mass is 16.5. The summed E-state index contributed by atoms with van der Waals surface area (Å²) in [5.74, 6) is 1.20. The van der Waals surface area contributed by atoms with E-state index in [0.717, 1.165) is 38.0 Å². The van der Waals surface area contributed by atoms with Crippen molar-refractivity contribution in [1.82, 2.24) is 5.32 Å². The van der Waals surface area contributed by atoms with Gasteiger partial charge in [0, 0.05) is 12.0 Å². The number of fused-ring (bicyclic) bond motifs is 1. The monoisotopic (exact) mass is 337 g/mol. The quantitative estimate of drug-likeness (QED) is 0.877. The number of rotatable bonds is 4. The molecule has 2 aliphatic rings. The summed E-state index contributed by atoms with van der Waals surface area (Å²) in [5.41, 5.74) is 1.91. The average molecular weight is 337 g/mol. The average Bonchev–Trinajstić information content (AvgIpc) is 2.66. The van der Waals surface area contributed by atoms with Gasteiger partial charge >= 0.3 is 0 Å². The highest BCUT2D eigenvalue weighted by molar-refractivity contribution is 5.32. The lowest BCUT2D eigenvalue weighted by Gasteiger charge is -2.48. The van der Waals surface area contributed by atoms with Crippen LogP contribution in [0.4, 0.5) is 0 Å². The molecule has 3 nitrogen and oxygen atoms in total. The van der Waals surface area contributed by atoms with Crippen molar-refractivity contribution in [3.05, 3.63) is 65.7 Å². The van der Waals surface area contributed by atoms with Crippen molar-refractivity contribution in [3.63, 3.8) is 0 Å². The third kappa shape index (κ3) is 3.58. The van der Waals surface area contributed by atoms with E-state index in [9.17, 15) is 5.11 Å². The van der Waals surface area contributed by atoms with Gasteiger partial charge in [-0.25, -0.2) is 0 Å². The van der Waals surface area contributed by atoms with Crippen LogP contribution in [0.5, 0.6) is 5.75 Å². The highest BCUT2D eigenvalue weighted by Crippen LogP contribution is 2.45. The number of ether oxygens (including phenoxy) is 1. The summed E-state index contributed by atoms with van der Waals surface area (Å²) in [6, 6.07) is 18.8. The summed E-state index contributed by atoms with van der Waals surface area (Å²) < 4.78 is 5.99. The van der Waals surface area contributed by atoms with Gasteiger partial charge in [-0.1, -0.05) is 55.3 Å². The minimum Gasteiger partial charge on any atom is -0.489 e. The van der Waals surface area contributed by atoms with Crippen LogP contribution in [0.15, 0.2) is 54.6 Å². The Morgan fingerprint density at radius 3 is 2.80 bits per heavy atom. The molecule has 2 N–H and O–H groups in total. The zero-order valence-corrected chi connectivity index (χ0v) is 14.7. The van der Waals surface area contributed by atoms with Crippen molar-refractivity contribution in [1.29, 1.82) is 0 Å². The molecular weight excluding hydrogens is 310 g/mol. The minimum atomic E-state index is -0.491. The van der Waals surface area contributed by atoms with Crippen molar-refractivity contribution in [2.75, 3.05) is 6.54 Å². The maximum Gasteiger partial charge on any atom is 0.120 e. The first-order valence-electron chi connectivity index (χ1n) is 9.47. The predicted octanol–water partition coefficient (Wildman–Crippen LogP) is 4.22. The Bertz CT molecular complexity index is 698. The van der Waals surface area contributed by atoms with E-state index in [4.69, 9.17) is 4.74 Å². The SMILES string of the molecule is OC12CCCCC1C(c1cccc(OCc3ccccc3)c1)NCC2. The van der Waals surface area contributed by atoms with Gasteiger partial charge in [-0.2, -0.15) is 0 Å². The third-order valence-electron chi connectivity index (χ3n) is 5.86. The number of hydrogen-bond acceptors (Lipinski definition) is 3. The van der Waals surface area contributed by atoms with E-state index in [1.807, 2.05) is 24.3 Å². The summed E-state index contributed by atoms with van der Waals surface area (Å²) in [6.45, 7) is 1.46. The van der Waals surface area contributed by atoms with E-state index in [1.165, 1.54) is 17.5 Å². The molecule has 1 aliphatic heterocycles. The van der Waals surface area contributed by atoms with Crippen LogP contribution in [0, 0.1) is 5.92 Å². The van der Waals surface area contributed by atoms with Crippen LogP contribution in [0.2, 0.25) is 0 Å². The predicted molar refractivity (Wildman–Crippen MR) is 99.5 cm³/mol. The van der Waals surface area contributed by atoms with Crippen molar-refractivity contribution in [3.8, 4) is 5.75 Å². The fraction of sp³-hybridized carbons (Fsp3) is 0.455. The molecule has 3 heteroatoms. The molecule has 2 aromatic rings. The van der Waals surface area contributed by atoms with Crippen LogP contribution in [-0.2, 0) is 6.61 Å². The van der Waals surface area contributed by atoms with E-state index in [1.54, 1.807) is 0 Å². The normalized spacial score (nSPS) is 29.0. The van der Waals surface area contributed by atoms with E-state index >= 15 is 0 Å². The second-order valence-electron chi connectivity index (χ2n) is 7.48. The molecule has 0 aromatic heterocycles. The van der Waals surface area contributed by atoms with E-state index < -0.39 is 5.60 Å². The fourth-order valence-electron chi connectivity index (χ4n) is 4.51. The van der Waals surface area contributed by atoms with Gasteiger partial charge in [-0.3, -0.25) is 0 Å². The Balaban J connectivity index is 1.50.